The second-order valence-corrected chi connectivity index (χ2v) is 4.26. The Balaban J connectivity index is 2.18. The zero-order valence-corrected chi connectivity index (χ0v) is 10.9. The van der Waals surface area contributed by atoms with Crippen LogP contribution in [0.5, 0.6) is 0 Å². The maximum atomic E-state index is 10.9. The van der Waals surface area contributed by atoms with Gasteiger partial charge < -0.3 is 15.7 Å². The molecule has 1 amide bonds. The van der Waals surface area contributed by atoms with Gasteiger partial charge in [0.2, 0.25) is 0 Å². The summed E-state index contributed by atoms with van der Waals surface area (Å²) in [6.45, 7) is 0.168. The van der Waals surface area contributed by atoms with E-state index in [2.05, 4.69) is 10.6 Å². The maximum absolute atomic E-state index is 10.9. The molecule has 0 heterocycles. The maximum Gasteiger partial charge on any atom is 0.404 e. The second kappa shape index (κ2) is 6.38. The second-order valence-electron chi connectivity index (χ2n) is 4.26. The van der Waals surface area contributed by atoms with Crippen LogP contribution in [0, 0.1) is 10.1 Å². The Hall–Kier alpha value is -3.09. The molecule has 0 fully saturated rings. The van der Waals surface area contributed by atoms with Crippen molar-refractivity contribution in [3.63, 3.8) is 0 Å². The average molecular weight is 287 g/mol. The van der Waals surface area contributed by atoms with Crippen LogP contribution >= 0.6 is 0 Å². The number of nitrogens with zero attached hydrogens (tertiary/aromatic N) is 1. The standard InChI is InChI=1S/C14H13N3O4/c18-14(19)15-9-10-4-3-5-11(8-10)16-12-6-1-2-7-13(12)17(20)21/h1-8,15-16H,9H2,(H,18,19). The van der Waals surface area contributed by atoms with Crippen molar-refractivity contribution in [1.82, 2.24) is 5.32 Å². The highest BCUT2D eigenvalue weighted by molar-refractivity contribution is 5.69. The van der Waals surface area contributed by atoms with Crippen LogP contribution in [0.3, 0.4) is 0 Å². The third-order valence-electron chi connectivity index (χ3n) is 2.75. The lowest BCUT2D eigenvalue weighted by atomic mass is 10.2. The van der Waals surface area contributed by atoms with Crippen LogP contribution in [-0.2, 0) is 6.54 Å². The lowest BCUT2D eigenvalue weighted by Gasteiger charge is -2.09. The molecule has 21 heavy (non-hydrogen) atoms. The Morgan fingerprint density at radius 2 is 1.95 bits per heavy atom. The van der Waals surface area contributed by atoms with Crippen LogP contribution in [0.25, 0.3) is 0 Å². The fourth-order valence-corrected chi connectivity index (χ4v) is 1.83. The van der Waals surface area contributed by atoms with Gasteiger partial charge in [0.25, 0.3) is 5.69 Å². The van der Waals surface area contributed by atoms with E-state index in [4.69, 9.17) is 5.11 Å². The number of hydrogen-bond donors (Lipinski definition) is 3. The van der Waals surface area contributed by atoms with Gasteiger partial charge in [-0.05, 0) is 23.8 Å². The molecule has 108 valence electrons. The molecule has 0 unspecified atom stereocenters. The first-order valence-electron chi connectivity index (χ1n) is 6.12. The Morgan fingerprint density at radius 1 is 1.19 bits per heavy atom. The molecule has 3 N–H and O–H groups in total. The summed E-state index contributed by atoms with van der Waals surface area (Å²) in [6, 6.07) is 13.3. The number of carboxylic acid groups (broad SMARTS) is 1. The van der Waals surface area contributed by atoms with Crippen LogP contribution in [0.2, 0.25) is 0 Å². The summed E-state index contributed by atoms with van der Waals surface area (Å²) in [6.07, 6.45) is -1.10. The van der Waals surface area contributed by atoms with Crippen molar-refractivity contribution in [3.8, 4) is 0 Å². The predicted molar refractivity (Wildman–Crippen MR) is 77.7 cm³/mol. The molecular weight excluding hydrogens is 274 g/mol. The molecule has 0 aliphatic heterocycles. The highest BCUT2D eigenvalue weighted by atomic mass is 16.6. The van der Waals surface area contributed by atoms with Gasteiger partial charge in [-0.2, -0.15) is 0 Å². The number of amides is 1. The first-order valence-corrected chi connectivity index (χ1v) is 6.12. The molecule has 0 bridgehead atoms. The minimum absolute atomic E-state index is 0.0217. The number of para-hydroxylation sites is 2. The molecule has 0 spiro atoms. The van der Waals surface area contributed by atoms with Gasteiger partial charge in [0.1, 0.15) is 5.69 Å². The summed E-state index contributed by atoms with van der Waals surface area (Å²) in [5.74, 6) is 0. The molecule has 7 heteroatoms. The summed E-state index contributed by atoms with van der Waals surface area (Å²) < 4.78 is 0. The van der Waals surface area contributed by atoms with Gasteiger partial charge in [-0.1, -0.05) is 24.3 Å². The molecule has 0 aromatic heterocycles. The number of nitrogens with one attached hydrogen (secondary N) is 2. The third kappa shape index (κ3) is 3.93. The molecule has 0 atom stereocenters. The van der Waals surface area contributed by atoms with Gasteiger partial charge in [0.15, 0.2) is 0 Å². The van der Waals surface area contributed by atoms with E-state index in [1.54, 1.807) is 42.5 Å². The zero-order chi connectivity index (χ0) is 15.2. The molecular formula is C14H13N3O4. The van der Waals surface area contributed by atoms with E-state index in [0.29, 0.717) is 11.4 Å². The number of hydrogen-bond acceptors (Lipinski definition) is 4. The number of benzene rings is 2. The van der Waals surface area contributed by atoms with Gasteiger partial charge in [0.05, 0.1) is 4.92 Å². The Kier molecular flexibility index (Phi) is 4.35. The van der Waals surface area contributed by atoms with Crippen molar-refractivity contribution in [1.29, 1.82) is 0 Å². The van der Waals surface area contributed by atoms with Crippen LogP contribution in [0.4, 0.5) is 21.9 Å². The van der Waals surface area contributed by atoms with Gasteiger partial charge in [-0.15, -0.1) is 0 Å². The van der Waals surface area contributed by atoms with E-state index in [-0.39, 0.29) is 12.2 Å². The van der Waals surface area contributed by atoms with Crippen molar-refractivity contribution in [2.75, 3.05) is 5.32 Å². The first kappa shape index (κ1) is 14.3. The largest absolute Gasteiger partial charge is 0.465 e. The number of carbonyl (C=O) groups is 1. The minimum Gasteiger partial charge on any atom is -0.465 e. The van der Waals surface area contributed by atoms with Crippen molar-refractivity contribution < 1.29 is 14.8 Å². The van der Waals surface area contributed by atoms with E-state index < -0.39 is 11.0 Å². The number of nitro groups is 1. The van der Waals surface area contributed by atoms with Crippen LogP contribution in [0.15, 0.2) is 48.5 Å². The highest BCUT2D eigenvalue weighted by Crippen LogP contribution is 2.27. The first-order chi connectivity index (χ1) is 10.1. The Labute approximate surface area is 120 Å². The third-order valence-corrected chi connectivity index (χ3v) is 2.75. The summed E-state index contributed by atoms with van der Waals surface area (Å²) in [5, 5.41) is 24.7. The highest BCUT2D eigenvalue weighted by Gasteiger charge is 2.12. The lowest BCUT2D eigenvalue weighted by molar-refractivity contribution is -0.383. The quantitative estimate of drug-likeness (QED) is 0.579. The lowest BCUT2D eigenvalue weighted by Crippen LogP contribution is -2.19. The minimum atomic E-state index is -1.10. The SMILES string of the molecule is O=C(O)NCc1cccc(Nc2ccccc2[N+](=O)[O-])c1. The van der Waals surface area contributed by atoms with E-state index >= 15 is 0 Å². The van der Waals surface area contributed by atoms with Gasteiger partial charge in [0, 0.05) is 18.3 Å². The van der Waals surface area contributed by atoms with Gasteiger partial charge in [-0.3, -0.25) is 10.1 Å². The van der Waals surface area contributed by atoms with Crippen LogP contribution in [0.1, 0.15) is 5.56 Å². The smallest absolute Gasteiger partial charge is 0.404 e. The topological polar surface area (TPSA) is 104 Å². The van der Waals surface area contributed by atoms with Gasteiger partial charge in [-0.25, -0.2) is 4.79 Å². The van der Waals surface area contributed by atoms with Gasteiger partial charge >= 0.3 is 6.09 Å². The number of nitro benzene ring substituents is 1. The molecule has 0 saturated heterocycles. The van der Waals surface area contributed by atoms with E-state index in [0.717, 1.165) is 5.56 Å². The van der Waals surface area contributed by atoms with Crippen molar-refractivity contribution in [2.24, 2.45) is 0 Å². The molecule has 0 radical (unpaired) electrons. The number of rotatable bonds is 5. The zero-order valence-electron chi connectivity index (χ0n) is 10.9. The monoisotopic (exact) mass is 287 g/mol. The van der Waals surface area contributed by atoms with Crippen molar-refractivity contribution in [3.05, 3.63) is 64.2 Å². The van der Waals surface area contributed by atoms with Crippen molar-refractivity contribution >= 4 is 23.2 Å². The predicted octanol–water partition coefficient (Wildman–Crippen LogP) is 3.11. The molecule has 7 nitrogen and oxygen atoms in total. The van der Waals surface area contributed by atoms with E-state index in [1.165, 1.54) is 6.07 Å². The van der Waals surface area contributed by atoms with Crippen molar-refractivity contribution in [2.45, 2.75) is 6.54 Å². The molecule has 2 rings (SSSR count). The van der Waals surface area contributed by atoms with E-state index in [1.807, 2.05) is 0 Å². The summed E-state index contributed by atoms with van der Waals surface area (Å²) in [5.41, 5.74) is 1.76. The fourth-order valence-electron chi connectivity index (χ4n) is 1.83. The summed E-state index contributed by atoms with van der Waals surface area (Å²) >= 11 is 0. The summed E-state index contributed by atoms with van der Waals surface area (Å²) in [7, 11) is 0. The molecule has 0 aliphatic rings. The molecule has 2 aromatic rings. The molecule has 0 saturated carbocycles. The number of anilines is 2. The summed E-state index contributed by atoms with van der Waals surface area (Å²) in [4.78, 5) is 21.0. The molecule has 0 aliphatic carbocycles. The Bertz CT molecular complexity index is 673. The normalized spacial score (nSPS) is 9.90. The van der Waals surface area contributed by atoms with Crippen LogP contribution < -0.4 is 10.6 Å². The fraction of sp³-hybridized carbons (Fsp3) is 0.0714. The van der Waals surface area contributed by atoms with Crippen LogP contribution in [-0.4, -0.2) is 16.1 Å². The average Bonchev–Trinajstić information content (AvgIpc) is 2.46. The van der Waals surface area contributed by atoms with E-state index in [9.17, 15) is 14.9 Å². The molecule has 2 aromatic carbocycles. The Morgan fingerprint density at radius 3 is 2.67 bits per heavy atom.